The van der Waals surface area contributed by atoms with E-state index in [9.17, 15) is 18.0 Å². The smallest absolute Gasteiger partial charge is 0.490 e. The molecule has 1 heterocycles. The van der Waals surface area contributed by atoms with Crippen molar-refractivity contribution in [2.75, 3.05) is 13.2 Å². The van der Waals surface area contributed by atoms with Crippen LogP contribution in [-0.4, -0.2) is 30.4 Å². The Labute approximate surface area is 134 Å². The molecule has 3 N–H and O–H groups in total. The average molecular weight is 347 g/mol. The molecule has 0 radical (unpaired) electrons. The van der Waals surface area contributed by atoms with Gasteiger partial charge in [-0.25, -0.2) is 9.59 Å². The number of carboxylic acids is 1. The van der Waals surface area contributed by atoms with Gasteiger partial charge in [0.05, 0.1) is 18.1 Å². The van der Waals surface area contributed by atoms with Crippen LogP contribution >= 0.6 is 0 Å². The highest BCUT2D eigenvalue weighted by atomic mass is 19.4. The second-order valence-corrected chi connectivity index (χ2v) is 4.72. The van der Waals surface area contributed by atoms with Crippen LogP contribution in [-0.2, 0) is 4.79 Å². The minimum absolute atomic E-state index is 0.399. The average Bonchev–Trinajstić information content (AvgIpc) is 2.47. The number of hydrogen-bond acceptors (Lipinski definition) is 5. The number of ether oxygens (including phenoxy) is 1. The molecule has 1 aromatic heterocycles. The first-order chi connectivity index (χ1) is 11.1. The summed E-state index contributed by atoms with van der Waals surface area (Å²) in [6.07, 6.45) is -4.33. The van der Waals surface area contributed by atoms with E-state index < -0.39 is 17.8 Å². The summed E-state index contributed by atoms with van der Waals surface area (Å²) in [7, 11) is 0. The fourth-order valence-corrected chi connectivity index (χ4v) is 1.63. The molecule has 0 saturated heterocycles. The number of aliphatic carboxylic acids is 1. The lowest BCUT2D eigenvalue weighted by molar-refractivity contribution is -0.192. The van der Waals surface area contributed by atoms with E-state index in [0.717, 1.165) is 17.4 Å². The topological polar surface area (TPSA) is 103 Å². The van der Waals surface area contributed by atoms with Gasteiger partial charge in [0.2, 0.25) is 0 Å². The molecule has 0 atom stereocenters. The Bertz CT molecular complexity index is 755. The third-order valence-corrected chi connectivity index (χ3v) is 2.71. The lowest BCUT2D eigenvalue weighted by Crippen LogP contribution is -2.21. The Hall–Kier alpha value is -2.55. The molecule has 0 bridgehead atoms. The molecule has 24 heavy (non-hydrogen) atoms. The van der Waals surface area contributed by atoms with Gasteiger partial charge in [-0.1, -0.05) is 11.6 Å². The van der Waals surface area contributed by atoms with E-state index in [2.05, 4.69) is 0 Å². The van der Waals surface area contributed by atoms with E-state index in [-0.39, 0.29) is 0 Å². The summed E-state index contributed by atoms with van der Waals surface area (Å²) in [4.78, 5) is 20.2. The van der Waals surface area contributed by atoms with Crippen LogP contribution in [0.25, 0.3) is 11.0 Å². The van der Waals surface area contributed by atoms with Crippen molar-refractivity contribution < 1.29 is 32.2 Å². The third-order valence-electron chi connectivity index (χ3n) is 2.71. The predicted molar refractivity (Wildman–Crippen MR) is 80.1 cm³/mol. The molecule has 0 unspecified atom stereocenters. The van der Waals surface area contributed by atoms with E-state index in [0.29, 0.717) is 24.5 Å². The van der Waals surface area contributed by atoms with Gasteiger partial charge >= 0.3 is 17.8 Å². The summed E-state index contributed by atoms with van der Waals surface area (Å²) in [6.45, 7) is 3.05. The van der Waals surface area contributed by atoms with E-state index >= 15 is 0 Å². The van der Waals surface area contributed by atoms with Crippen LogP contribution in [0.4, 0.5) is 13.2 Å². The van der Waals surface area contributed by atoms with Crippen LogP contribution in [0.5, 0.6) is 5.75 Å². The molecule has 2 rings (SSSR count). The van der Waals surface area contributed by atoms with Gasteiger partial charge in [0.15, 0.2) is 0 Å². The van der Waals surface area contributed by atoms with Crippen molar-refractivity contribution in [1.82, 2.24) is 0 Å². The normalized spacial score (nSPS) is 10.9. The molecule has 1 aromatic carbocycles. The summed E-state index contributed by atoms with van der Waals surface area (Å²) in [5.74, 6) is -2.19. The van der Waals surface area contributed by atoms with E-state index in [1.54, 1.807) is 6.07 Å². The Morgan fingerprint density at radius 2 is 1.96 bits per heavy atom. The van der Waals surface area contributed by atoms with E-state index in [4.69, 9.17) is 24.8 Å². The Kier molecular flexibility index (Phi) is 6.78. The highest BCUT2D eigenvalue weighted by Crippen LogP contribution is 2.24. The van der Waals surface area contributed by atoms with Crippen LogP contribution < -0.4 is 16.1 Å². The highest BCUT2D eigenvalue weighted by Gasteiger charge is 2.38. The molecule has 0 aliphatic rings. The Morgan fingerprint density at radius 1 is 1.33 bits per heavy atom. The van der Waals surface area contributed by atoms with Crippen LogP contribution in [0.3, 0.4) is 0 Å². The molecule has 0 saturated carbocycles. The molecular weight excluding hydrogens is 331 g/mol. The van der Waals surface area contributed by atoms with Gasteiger partial charge in [-0.3, -0.25) is 0 Å². The van der Waals surface area contributed by atoms with Crippen LogP contribution in [0.1, 0.15) is 12.0 Å². The van der Waals surface area contributed by atoms with Crippen molar-refractivity contribution in [2.24, 2.45) is 5.73 Å². The lowest BCUT2D eigenvalue weighted by Gasteiger charge is -2.08. The molecule has 6 nitrogen and oxygen atoms in total. The monoisotopic (exact) mass is 347 g/mol. The molecule has 132 valence electrons. The van der Waals surface area contributed by atoms with Gasteiger partial charge in [0.25, 0.3) is 0 Å². The van der Waals surface area contributed by atoms with Gasteiger partial charge in [0.1, 0.15) is 11.3 Å². The minimum Gasteiger partial charge on any atom is -0.492 e. The zero-order valence-electron chi connectivity index (χ0n) is 12.7. The van der Waals surface area contributed by atoms with Gasteiger partial charge in [-0.2, -0.15) is 13.2 Å². The summed E-state index contributed by atoms with van der Waals surface area (Å²) in [5, 5.41) is 7.95. The number of alkyl halides is 3. The Morgan fingerprint density at radius 3 is 2.50 bits per heavy atom. The van der Waals surface area contributed by atoms with Crippen molar-refractivity contribution in [1.29, 1.82) is 0 Å². The van der Waals surface area contributed by atoms with Gasteiger partial charge in [0, 0.05) is 0 Å². The minimum atomic E-state index is -5.08. The second kappa shape index (κ2) is 8.34. The lowest BCUT2D eigenvalue weighted by atomic mass is 10.1. The second-order valence-electron chi connectivity index (χ2n) is 4.72. The van der Waals surface area contributed by atoms with Crippen molar-refractivity contribution >= 4 is 16.9 Å². The van der Waals surface area contributed by atoms with E-state index in [1.165, 1.54) is 6.07 Å². The SMILES string of the molecule is Cc1ccc2oc(=O)cc(OCCCN)c2c1.O=C(O)C(F)(F)F. The Balaban J connectivity index is 0.000000351. The summed E-state index contributed by atoms with van der Waals surface area (Å²) < 4.78 is 42.4. The number of rotatable bonds is 4. The van der Waals surface area contributed by atoms with E-state index in [1.807, 2.05) is 19.1 Å². The number of halogens is 3. The highest BCUT2D eigenvalue weighted by molar-refractivity contribution is 5.83. The molecule has 0 aliphatic carbocycles. The number of fused-ring (bicyclic) bond motifs is 1. The molecule has 2 aromatic rings. The number of benzene rings is 1. The van der Waals surface area contributed by atoms with Gasteiger partial charge in [-0.05, 0) is 32.0 Å². The molecule has 0 aliphatic heterocycles. The summed E-state index contributed by atoms with van der Waals surface area (Å²) in [5.41, 5.74) is 6.64. The van der Waals surface area contributed by atoms with Crippen molar-refractivity contribution in [3.63, 3.8) is 0 Å². The maximum atomic E-state index is 11.4. The number of carbonyl (C=O) groups is 1. The largest absolute Gasteiger partial charge is 0.492 e. The first-order valence-corrected chi connectivity index (χ1v) is 6.82. The van der Waals surface area contributed by atoms with Gasteiger partial charge in [-0.15, -0.1) is 0 Å². The predicted octanol–water partition coefficient (Wildman–Crippen LogP) is 2.46. The van der Waals surface area contributed by atoms with Crippen molar-refractivity contribution in [3.05, 3.63) is 40.2 Å². The molecule has 0 fully saturated rings. The fraction of sp³-hybridized carbons (Fsp3) is 0.333. The molecule has 0 amide bonds. The molecular formula is C15H16F3NO5. The third kappa shape index (κ3) is 5.92. The summed E-state index contributed by atoms with van der Waals surface area (Å²) >= 11 is 0. The number of nitrogens with two attached hydrogens (primary N) is 1. The van der Waals surface area contributed by atoms with Crippen molar-refractivity contribution in [3.8, 4) is 5.75 Å². The number of aryl methyl sites for hydroxylation is 1. The maximum absolute atomic E-state index is 11.4. The van der Waals surface area contributed by atoms with Crippen LogP contribution in [0.2, 0.25) is 0 Å². The first-order valence-electron chi connectivity index (χ1n) is 6.82. The standard InChI is InChI=1S/C13H15NO3.C2HF3O2/c1-9-3-4-11-10(7-9)12(8-13(15)17-11)16-6-2-5-14;3-2(4,5)1(6)7/h3-4,7-8H,2,5-6,14H2,1H3;(H,6,7). The quantitative estimate of drug-likeness (QED) is 0.651. The zero-order chi connectivity index (χ0) is 18.3. The fourth-order valence-electron chi connectivity index (χ4n) is 1.63. The number of hydrogen-bond donors (Lipinski definition) is 2. The summed E-state index contributed by atoms with van der Waals surface area (Å²) in [6, 6.07) is 6.99. The van der Waals surface area contributed by atoms with Gasteiger partial charge < -0.3 is 20.0 Å². The zero-order valence-corrected chi connectivity index (χ0v) is 12.7. The van der Waals surface area contributed by atoms with Crippen LogP contribution in [0, 0.1) is 6.92 Å². The van der Waals surface area contributed by atoms with Crippen LogP contribution in [0.15, 0.2) is 33.5 Å². The maximum Gasteiger partial charge on any atom is 0.490 e. The van der Waals surface area contributed by atoms with Crippen molar-refractivity contribution in [2.45, 2.75) is 19.5 Å². The molecule has 9 heteroatoms. The number of carboxylic acid groups (broad SMARTS) is 1. The first kappa shape index (κ1) is 19.5. The molecule has 0 spiro atoms.